The van der Waals surface area contributed by atoms with Crippen molar-refractivity contribution in [3.63, 3.8) is 0 Å². The van der Waals surface area contributed by atoms with Crippen molar-refractivity contribution in [1.29, 1.82) is 0 Å². The second-order valence-electron chi connectivity index (χ2n) is 3.36. The molecular formula is C11H12N2O3. The van der Waals surface area contributed by atoms with Gasteiger partial charge in [-0.3, -0.25) is 4.79 Å². The Morgan fingerprint density at radius 2 is 2.44 bits per heavy atom. The van der Waals surface area contributed by atoms with Crippen molar-refractivity contribution in [2.24, 2.45) is 0 Å². The number of anilines is 1. The summed E-state index contributed by atoms with van der Waals surface area (Å²) in [5, 5.41) is 2.60. The van der Waals surface area contributed by atoms with Crippen molar-refractivity contribution < 1.29 is 14.3 Å². The number of ether oxygens (including phenoxy) is 2. The molecule has 1 fully saturated rings. The molecule has 0 saturated carbocycles. The van der Waals surface area contributed by atoms with E-state index in [9.17, 15) is 4.79 Å². The number of carbonyl (C=O) groups excluding carboxylic acids is 1. The van der Waals surface area contributed by atoms with Gasteiger partial charge in [0.1, 0.15) is 6.10 Å². The Bertz CT molecular complexity index is 385. The molecule has 1 aliphatic heterocycles. The fourth-order valence-electron chi connectivity index (χ4n) is 1.17. The maximum Gasteiger partial charge on any atom is 0.247 e. The van der Waals surface area contributed by atoms with E-state index in [-0.39, 0.29) is 12.0 Å². The van der Waals surface area contributed by atoms with E-state index < -0.39 is 0 Å². The molecule has 0 atom stereocenters. The third-order valence-electron chi connectivity index (χ3n) is 2.08. The standard InChI is InChI=1S/C11H12N2O3/c1-2-10(14)13-8-3-4-11(12-5-8)16-9-6-15-7-9/h2-5,9H,1,6-7H2,(H,13,14). The Kier molecular flexibility index (Phi) is 3.16. The van der Waals surface area contributed by atoms with Crippen LogP contribution in [0.15, 0.2) is 31.0 Å². The number of nitrogens with zero attached hydrogens (tertiary/aromatic N) is 1. The maximum atomic E-state index is 11.0. The van der Waals surface area contributed by atoms with E-state index in [0.717, 1.165) is 0 Å². The lowest BCUT2D eigenvalue weighted by Gasteiger charge is -2.26. The summed E-state index contributed by atoms with van der Waals surface area (Å²) in [6, 6.07) is 3.43. The second-order valence-corrected chi connectivity index (χ2v) is 3.36. The van der Waals surface area contributed by atoms with Crippen molar-refractivity contribution in [2.75, 3.05) is 18.5 Å². The van der Waals surface area contributed by atoms with E-state index in [1.165, 1.54) is 12.3 Å². The van der Waals surface area contributed by atoms with Gasteiger partial charge in [-0.1, -0.05) is 6.58 Å². The fraction of sp³-hybridized carbons (Fsp3) is 0.273. The number of carbonyl (C=O) groups is 1. The van der Waals surface area contributed by atoms with Crippen LogP contribution in [0.3, 0.4) is 0 Å². The molecule has 5 heteroatoms. The van der Waals surface area contributed by atoms with Crippen LogP contribution in [0.25, 0.3) is 0 Å². The van der Waals surface area contributed by atoms with E-state index in [2.05, 4.69) is 16.9 Å². The lowest BCUT2D eigenvalue weighted by atomic mass is 10.3. The predicted octanol–water partition coefficient (Wildman–Crippen LogP) is 0.984. The number of aromatic nitrogens is 1. The molecular weight excluding hydrogens is 208 g/mol. The molecule has 1 aromatic rings. The van der Waals surface area contributed by atoms with Crippen LogP contribution in [0.5, 0.6) is 5.88 Å². The molecule has 0 aromatic carbocycles. The van der Waals surface area contributed by atoms with Crippen LogP contribution in [0.4, 0.5) is 5.69 Å². The van der Waals surface area contributed by atoms with Gasteiger partial charge >= 0.3 is 0 Å². The minimum atomic E-state index is -0.261. The first-order chi connectivity index (χ1) is 7.78. The molecule has 16 heavy (non-hydrogen) atoms. The number of nitrogens with one attached hydrogen (secondary N) is 1. The van der Waals surface area contributed by atoms with Crippen molar-refractivity contribution in [2.45, 2.75) is 6.10 Å². The molecule has 0 unspecified atom stereocenters. The Morgan fingerprint density at radius 1 is 1.62 bits per heavy atom. The Balaban J connectivity index is 1.92. The van der Waals surface area contributed by atoms with Crippen molar-refractivity contribution >= 4 is 11.6 Å². The van der Waals surface area contributed by atoms with E-state index in [1.54, 1.807) is 12.1 Å². The van der Waals surface area contributed by atoms with Crippen molar-refractivity contribution in [3.05, 3.63) is 31.0 Å². The van der Waals surface area contributed by atoms with Crippen LogP contribution in [0, 0.1) is 0 Å². The minimum Gasteiger partial charge on any atom is -0.469 e. The van der Waals surface area contributed by atoms with Gasteiger partial charge in [0.15, 0.2) is 0 Å². The molecule has 0 bridgehead atoms. The molecule has 0 radical (unpaired) electrons. The van der Waals surface area contributed by atoms with Gasteiger partial charge in [0.25, 0.3) is 0 Å². The van der Waals surface area contributed by atoms with Crippen LogP contribution >= 0.6 is 0 Å². The van der Waals surface area contributed by atoms with Crippen LogP contribution in [-0.4, -0.2) is 30.2 Å². The van der Waals surface area contributed by atoms with E-state index >= 15 is 0 Å². The lowest BCUT2D eigenvalue weighted by Crippen LogP contribution is -2.38. The first-order valence-corrected chi connectivity index (χ1v) is 4.92. The minimum absolute atomic E-state index is 0.0983. The highest BCUT2D eigenvalue weighted by atomic mass is 16.6. The zero-order valence-electron chi connectivity index (χ0n) is 8.68. The molecule has 5 nitrogen and oxygen atoms in total. The third kappa shape index (κ3) is 2.58. The molecule has 2 rings (SSSR count). The van der Waals surface area contributed by atoms with Gasteiger partial charge in [-0.15, -0.1) is 0 Å². The zero-order chi connectivity index (χ0) is 11.4. The molecule has 1 N–H and O–H groups in total. The Morgan fingerprint density at radius 3 is 2.94 bits per heavy atom. The van der Waals surface area contributed by atoms with Crippen LogP contribution in [-0.2, 0) is 9.53 Å². The van der Waals surface area contributed by atoms with Crippen LogP contribution < -0.4 is 10.1 Å². The highest BCUT2D eigenvalue weighted by Crippen LogP contribution is 2.15. The first kappa shape index (κ1) is 10.6. The number of hydrogen-bond donors (Lipinski definition) is 1. The van der Waals surface area contributed by atoms with Gasteiger partial charge < -0.3 is 14.8 Å². The Labute approximate surface area is 93.1 Å². The van der Waals surface area contributed by atoms with Gasteiger partial charge in [0.2, 0.25) is 11.8 Å². The summed E-state index contributed by atoms with van der Waals surface area (Å²) in [7, 11) is 0. The molecule has 1 aliphatic rings. The van der Waals surface area contributed by atoms with Gasteiger partial charge in [-0.05, 0) is 12.1 Å². The first-order valence-electron chi connectivity index (χ1n) is 4.92. The van der Waals surface area contributed by atoms with Gasteiger partial charge in [0.05, 0.1) is 25.1 Å². The van der Waals surface area contributed by atoms with Crippen LogP contribution in [0.1, 0.15) is 0 Å². The average molecular weight is 220 g/mol. The quantitative estimate of drug-likeness (QED) is 0.768. The largest absolute Gasteiger partial charge is 0.469 e. The topological polar surface area (TPSA) is 60.5 Å². The number of hydrogen-bond acceptors (Lipinski definition) is 4. The summed E-state index contributed by atoms with van der Waals surface area (Å²) in [6.07, 6.45) is 2.84. The predicted molar refractivity (Wildman–Crippen MR) is 58.3 cm³/mol. The molecule has 1 saturated heterocycles. The van der Waals surface area contributed by atoms with Gasteiger partial charge in [-0.25, -0.2) is 4.98 Å². The summed E-state index contributed by atoms with van der Waals surface area (Å²) in [6.45, 7) is 4.58. The van der Waals surface area contributed by atoms with E-state index in [0.29, 0.717) is 24.8 Å². The summed E-state index contributed by atoms with van der Waals surface area (Å²) in [5.41, 5.74) is 0.613. The van der Waals surface area contributed by atoms with E-state index in [4.69, 9.17) is 9.47 Å². The highest BCUT2D eigenvalue weighted by Gasteiger charge is 2.20. The highest BCUT2D eigenvalue weighted by molar-refractivity contribution is 5.98. The third-order valence-corrected chi connectivity index (χ3v) is 2.08. The van der Waals surface area contributed by atoms with Gasteiger partial charge in [0, 0.05) is 6.07 Å². The van der Waals surface area contributed by atoms with E-state index in [1.807, 2.05) is 0 Å². The Hall–Kier alpha value is -1.88. The number of rotatable bonds is 4. The van der Waals surface area contributed by atoms with Crippen molar-refractivity contribution in [1.82, 2.24) is 4.98 Å². The molecule has 1 amide bonds. The summed E-state index contributed by atoms with van der Waals surface area (Å²) in [5.74, 6) is 0.271. The second kappa shape index (κ2) is 4.76. The smallest absolute Gasteiger partial charge is 0.247 e. The summed E-state index contributed by atoms with van der Waals surface area (Å²) < 4.78 is 10.4. The molecule has 84 valence electrons. The maximum absolute atomic E-state index is 11.0. The van der Waals surface area contributed by atoms with Gasteiger partial charge in [-0.2, -0.15) is 0 Å². The average Bonchev–Trinajstić information content (AvgIpc) is 2.25. The monoisotopic (exact) mass is 220 g/mol. The molecule has 2 heterocycles. The normalized spacial score (nSPS) is 15.0. The molecule has 1 aromatic heterocycles. The molecule has 0 spiro atoms. The molecule has 0 aliphatic carbocycles. The zero-order valence-corrected chi connectivity index (χ0v) is 8.68. The van der Waals surface area contributed by atoms with Crippen LogP contribution in [0.2, 0.25) is 0 Å². The summed E-state index contributed by atoms with van der Waals surface area (Å²) >= 11 is 0. The number of amides is 1. The fourth-order valence-corrected chi connectivity index (χ4v) is 1.17. The van der Waals surface area contributed by atoms with Crippen molar-refractivity contribution in [3.8, 4) is 5.88 Å². The number of pyridine rings is 1. The summed E-state index contributed by atoms with van der Waals surface area (Å²) in [4.78, 5) is 15.1. The lowest BCUT2D eigenvalue weighted by molar-refractivity contribution is -0.111. The SMILES string of the molecule is C=CC(=O)Nc1ccc(OC2COC2)nc1.